The van der Waals surface area contributed by atoms with E-state index in [1.807, 2.05) is 0 Å². The normalized spacial score (nSPS) is 23.5. The monoisotopic (exact) mass is 208 g/mol. The fourth-order valence-electron chi connectivity index (χ4n) is 0.0962. The van der Waals surface area contributed by atoms with Gasteiger partial charge in [0.05, 0.1) is 25.9 Å². The zero-order valence-electron chi connectivity index (χ0n) is 8.50. The maximum absolute atomic E-state index is 5.03. The van der Waals surface area contributed by atoms with Crippen LogP contribution in [-0.4, -0.2) is 45.5 Å². The van der Waals surface area contributed by atoms with Gasteiger partial charge in [0.1, 0.15) is 10.5 Å². The Morgan fingerprint density at radius 1 is 1.42 bits per heavy atom. The Balaban J connectivity index is 0.000000155. The van der Waals surface area contributed by atoms with Gasteiger partial charge in [-0.15, -0.1) is 0 Å². The van der Waals surface area contributed by atoms with Gasteiger partial charge in [-0.2, -0.15) is 0 Å². The van der Waals surface area contributed by atoms with Gasteiger partial charge < -0.3 is 13.6 Å². The third kappa shape index (κ3) is 22.4. The smallest absolute Gasteiger partial charge is 0.156 e. The highest BCUT2D eigenvalue weighted by atomic mass is 28.3. The lowest BCUT2D eigenvalue weighted by molar-refractivity contribution is 0.423. The van der Waals surface area contributed by atoms with Crippen molar-refractivity contribution in [3.63, 3.8) is 0 Å². The van der Waals surface area contributed by atoms with Crippen molar-refractivity contribution in [2.75, 3.05) is 19.8 Å². The molecular weight excluding hydrogens is 188 g/mol. The maximum Gasteiger partial charge on any atom is 0.156 e. The number of hydrogen-bond acceptors (Lipinski definition) is 3. The van der Waals surface area contributed by atoms with Crippen molar-refractivity contribution in [3.8, 4) is 0 Å². The largest absolute Gasteiger partial charge is 0.466 e. The van der Waals surface area contributed by atoms with Crippen molar-refractivity contribution in [1.29, 1.82) is 0 Å². The fraction of sp³-hybridized carbons (Fsp3) is 1.00. The molecule has 1 unspecified atom stereocenters. The highest BCUT2D eigenvalue weighted by Crippen LogP contribution is 2.04. The molecule has 0 aliphatic carbocycles. The number of hydrogen-bond donors (Lipinski definition) is 0. The number of ether oxygens (including phenoxy) is 2. The fourth-order valence-corrected chi connectivity index (χ4v) is 0.0962. The van der Waals surface area contributed by atoms with Crippen molar-refractivity contribution < 1.29 is 13.6 Å². The van der Waals surface area contributed by atoms with E-state index in [0.717, 1.165) is 30.3 Å². The summed E-state index contributed by atoms with van der Waals surface area (Å²) in [4.78, 5) is 0. The van der Waals surface area contributed by atoms with Crippen LogP contribution in [0.2, 0.25) is 13.1 Å². The van der Waals surface area contributed by atoms with E-state index in [4.69, 9.17) is 8.85 Å². The van der Waals surface area contributed by atoms with Gasteiger partial charge in [0.2, 0.25) is 0 Å². The van der Waals surface area contributed by atoms with Crippen LogP contribution in [0.5, 0.6) is 0 Å². The molecule has 0 bridgehead atoms. The minimum absolute atomic E-state index is 0.583. The minimum Gasteiger partial charge on any atom is -0.466 e. The third-order valence-electron chi connectivity index (χ3n) is 1.18. The molecule has 74 valence electrons. The molecule has 0 amide bonds. The first-order chi connectivity index (χ1) is 5.66. The summed E-state index contributed by atoms with van der Waals surface area (Å²) in [6.07, 6.45) is 0.583. The molecule has 2 aliphatic heterocycles. The first-order valence-electron chi connectivity index (χ1n) is 4.39. The Kier molecular flexibility index (Phi) is 8.14. The maximum atomic E-state index is 5.03. The Hall–Kier alpha value is 0.314. The lowest BCUT2D eigenvalue weighted by atomic mass is 10.6. The molecule has 2 fully saturated rings. The molecule has 5 heteroatoms. The summed E-state index contributed by atoms with van der Waals surface area (Å²) in [5, 5.41) is 0. The second-order valence-electron chi connectivity index (χ2n) is 3.04. The van der Waals surface area contributed by atoms with Gasteiger partial charge in [-0.1, -0.05) is 0 Å². The first-order valence-corrected chi connectivity index (χ1v) is 7.98. The van der Waals surface area contributed by atoms with Gasteiger partial charge >= 0.3 is 0 Å². The Labute approximate surface area is 79.7 Å². The van der Waals surface area contributed by atoms with Crippen LogP contribution in [0, 0.1) is 0 Å². The van der Waals surface area contributed by atoms with E-state index in [-0.39, 0.29) is 0 Å². The second kappa shape index (κ2) is 7.94. The molecule has 0 aromatic rings. The van der Waals surface area contributed by atoms with Gasteiger partial charge in [0.25, 0.3) is 0 Å². The van der Waals surface area contributed by atoms with E-state index >= 15 is 0 Å². The molecule has 2 rings (SSSR count). The molecule has 0 N–H and O–H groups in total. The van der Waals surface area contributed by atoms with Gasteiger partial charge in [0.15, 0.2) is 9.04 Å². The van der Waals surface area contributed by atoms with Crippen LogP contribution < -0.4 is 0 Å². The molecule has 0 saturated carbocycles. The third-order valence-corrected chi connectivity index (χ3v) is 4.95. The van der Waals surface area contributed by atoms with Crippen LogP contribution in [0.15, 0.2) is 0 Å². The lowest BCUT2D eigenvalue weighted by Gasteiger charge is -1.93. The van der Waals surface area contributed by atoms with Crippen LogP contribution in [0.3, 0.4) is 0 Å². The number of epoxide rings is 2. The molecule has 0 spiro atoms. The van der Waals surface area contributed by atoms with E-state index in [9.17, 15) is 0 Å². The van der Waals surface area contributed by atoms with Crippen molar-refractivity contribution in [3.05, 3.63) is 0 Å². The van der Waals surface area contributed by atoms with Crippen LogP contribution in [0.25, 0.3) is 0 Å². The second-order valence-corrected chi connectivity index (χ2v) is 7.02. The van der Waals surface area contributed by atoms with E-state index in [2.05, 4.69) is 24.8 Å². The molecule has 0 radical (unpaired) electrons. The van der Waals surface area contributed by atoms with Crippen LogP contribution in [0.4, 0.5) is 0 Å². The van der Waals surface area contributed by atoms with Crippen molar-refractivity contribution in [2.45, 2.75) is 26.1 Å². The first kappa shape index (κ1) is 12.3. The summed E-state index contributed by atoms with van der Waals surface area (Å²) >= 11 is 0. The average Bonchev–Trinajstić information content (AvgIpc) is 2.83. The quantitative estimate of drug-likeness (QED) is 0.438. The summed E-state index contributed by atoms with van der Waals surface area (Å²) in [6, 6.07) is 0. The zero-order valence-corrected chi connectivity index (χ0v) is 11.7. The Morgan fingerprint density at radius 3 is 1.67 bits per heavy atom. The molecule has 2 heterocycles. The highest BCUT2D eigenvalue weighted by molar-refractivity contribution is 6.52. The van der Waals surface area contributed by atoms with Crippen LogP contribution in [0.1, 0.15) is 6.92 Å². The molecule has 1 atom stereocenters. The molecule has 3 nitrogen and oxygen atoms in total. The molecule has 12 heavy (non-hydrogen) atoms. The predicted octanol–water partition coefficient (Wildman–Crippen LogP) is -0.312. The summed E-state index contributed by atoms with van der Waals surface area (Å²) in [7, 11) is 0.347. The zero-order chi connectivity index (χ0) is 9.40. The number of rotatable bonds is 1. The van der Waals surface area contributed by atoms with Gasteiger partial charge in [0, 0.05) is 0 Å². The summed E-state index contributed by atoms with van der Waals surface area (Å²) in [5.41, 5.74) is 0. The molecule has 0 aromatic carbocycles. The Morgan fingerprint density at radius 2 is 1.67 bits per heavy atom. The topological polar surface area (TPSA) is 34.3 Å². The summed E-state index contributed by atoms with van der Waals surface area (Å²) < 4.78 is 14.2. The predicted molar refractivity (Wildman–Crippen MR) is 56.1 cm³/mol. The van der Waals surface area contributed by atoms with Gasteiger partial charge in [-0.25, -0.2) is 0 Å². The average molecular weight is 208 g/mol. The highest BCUT2D eigenvalue weighted by Gasteiger charge is 2.13. The van der Waals surface area contributed by atoms with Crippen molar-refractivity contribution >= 4 is 19.5 Å². The van der Waals surface area contributed by atoms with E-state index in [0.29, 0.717) is 6.10 Å². The molecule has 2 saturated heterocycles. The van der Waals surface area contributed by atoms with E-state index < -0.39 is 9.04 Å². The standard InChI is InChI=1S/C3H6O.C2H10OSi2.C2H4O/c1-3-2-4-3;1-5(2)3-4;1-2-3-1/h3H,2H2,1H3;5H,1-2,4H3;1-2H2. The Bertz CT molecular complexity index is 91.9. The van der Waals surface area contributed by atoms with Gasteiger partial charge in [-0.05, 0) is 20.0 Å². The lowest BCUT2D eigenvalue weighted by Crippen LogP contribution is -2.02. The summed E-state index contributed by atoms with van der Waals surface area (Å²) in [6.45, 7) is 9.39. The van der Waals surface area contributed by atoms with Gasteiger partial charge in [-0.3, -0.25) is 0 Å². The van der Waals surface area contributed by atoms with E-state index in [1.54, 1.807) is 0 Å². The van der Waals surface area contributed by atoms with Crippen LogP contribution >= 0.6 is 0 Å². The van der Waals surface area contributed by atoms with E-state index in [1.165, 1.54) is 0 Å². The molecular formula is C7H20O3Si2. The molecule has 0 aromatic heterocycles. The minimum atomic E-state index is -0.588. The van der Waals surface area contributed by atoms with Crippen molar-refractivity contribution in [2.24, 2.45) is 0 Å². The van der Waals surface area contributed by atoms with Crippen molar-refractivity contribution in [1.82, 2.24) is 0 Å². The SMILES string of the molecule is C1CO1.CC1CO1.C[SiH](C)O[SiH3]. The molecule has 2 aliphatic rings. The van der Waals surface area contributed by atoms with Crippen LogP contribution in [-0.2, 0) is 13.6 Å². The summed E-state index contributed by atoms with van der Waals surface area (Å²) in [5.74, 6) is 0.